The number of rotatable bonds is 8. The van der Waals surface area contributed by atoms with Gasteiger partial charge in [0, 0.05) is 18.2 Å². The Morgan fingerprint density at radius 2 is 1.97 bits per heavy atom. The minimum atomic E-state index is -0.122. The van der Waals surface area contributed by atoms with Crippen molar-refractivity contribution in [3.63, 3.8) is 0 Å². The van der Waals surface area contributed by atoms with Crippen LogP contribution in [-0.4, -0.2) is 46.4 Å². The molecule has 1 amide bonds. The van der Waals surface area contributed by atoms with E-state index in [1.54, 1.807) is 23.1 Å². The van der Waals surface area contributed by atoms with Crippen molar-refractivity contribution in [2.24, 2.45) is 0 Å². The number of carbonyl (C=O) groups excluding carboxylic acids is 1. The highest BCUT2D eigenvalue weighted by Crippen LogP contribution is 2.27. The van der Waals surface area contributed by atoms with E-state index in [2.05, 4.69) is 10.2 Å². The molecule has 1 saturated heterocycles. The van der Waals surface area contributed by atoms with Crippen LogP contribution in [0.3, 0.4) is 0 Å². The molecule has 1 aromatic heterocycles. The maximum Gasteiger partial charge on any atom is 0.254 e. The van der Waals surface area contributed by atoms with E-state index in [0.717, 1.165) is 25.2 Å². The van der Waals surface area contributed by atoms with Crippen molar-refractivity contribution in [1.82, 2.24) is 15.1 Å². The standard InChI is InChI=1S/C24H26ClN3O4/c1-16(2)28(14-22-26-27-23(32-22)20-7-3-4-8-21(20)25)24(29)17-9-11-18(12-10-17)31-15-19-6-5-13-30-19/h3-4,7-12,16,19H,5-6,13-15H2,1-2H3. The van der Waals surface area contributed by atoms with Crippen LogP contribution in [0.25, 0.3) is 11.5 Å². The second-order valence-electron chi connectivity index (χ2n) is 7.98. The molecule has 1 atom stereocenters. The van der Waals surface area contributed by atoms with E-state index in [-0.39, 0.29) is 24.6 Å². The molecule has 0 radical (unpaired) electrons. The third kappa shape index (κ3) is 5.29. The maximum atomic E-state index is 13.2. The van der Waals surface area contributed by atoms with Crippen LogP contribution in [0.15, 0.2) is 52.9 Å². The van der Waals surface area contributed by atoms with E-state index in [1.165, 1.54) is 0 Å². The molecular weight excluding hydrogens is 430 g/mol. The summed E-state index contributed by atoms with van der Waals surface area (Å²) in [5.74, 6) is 1.27. The molecule has 3 aromatic rings. The molecule has 1 unspecified atom stereocenters. The van der Waals surface area contributed by atoms with Crippen molar-refractivity contribution in [3.8, 4) is 17.2 Å². The number of hydrogen-bond acceptors (Lipinski definition) is 6. The quantitative estimate of drug-likeness (QED) is 0.475. The summed E-state index contributed by atoms with van der Waals surface area (Å²) in [5, 5.41) is 8.73. The molecular formula is C24H26ClN3O4. The van der Waals surface area contributed by atoms with Crippen molar-refractivity contribution in [2.45, 2.75) is 45.4 Å². The zero-order valence-corrected chi connectivity index (χ0v) is 18.9. The monoisotopic (exact) mass is 455 g/mol. The summed E-state index contributed by atoms with van der Waals surface area (Å²) < 4.78 is 17.1. The lowest BCUT2D eigenvalue weighted by Gasteiger charge is -2.25. The molecule has 2 aromatic carbocycles. The first kappa shape index (κ1) is 22.3. The number of nitrogens with zero attached hydrogens (tertiary/aromatic N) is 3. The molecule has 0 saturated carbocycles. The summed E-state index contributed by atoms with van der Waals surface area (Å²) in [6, 6.07) is 14.4. The van der Waals surface area contributed by atoms with Crippen molar-refractivity contribution in [1.29, 1.82) is 0 Å². The van der Waals surface area contributed by atoms with Crippen LogP contribution in [0.5, 0.6) is 5.75 Å². The van der Waals surface area contributed by atoms with Crippen LogP contribution in [0, 0.1) is 0 Å². The molecule has 1 aliphatic rings. The van der Waals surface area contributed by atoms with Crippen LogP contribution in [-0.2, 0) is 11.3 Å². The van der Waals surface area contributed by atoms with Crippen molar-refractivity contribution >= 4 is 17.5 Å². The Kier molecular flexibility index (Phi) is 7.07. The van der Waals surface area contributed by atoms with Crippen molar-refractivity contribution in [2.75, 3.05) is 13.2 Å². The van der Waals surface area contributed by atoms with E-state index in [1.807, 2.05) is 44.2 Å². The normalized spacial score (nSPS) is 15.8. The van der Waals surface area contributed by atoms with Crippen LogP contribution < -0.4 is 4.74 Å². The Labute approximate surface area is 192 Å². The van der Waals surface area contributed by atoms with Crippen LogP contribution >= 0.6 is 11.6 Å². The van der Waals surface area contributed by atoms with Crippen molar-refractivity contribution in [3.05, 3.63) is 65.0 Å². The SMILES string of the molecule is CC(C)N(Cc1nnc(-c2ccccc2Cl)o1)C(=O)c1ccc(OCC2CCCO2)cc1. The van der Waals surface area contributed by atoms with E-state index < -0.39 is 0 Å². The molecule has 1 fully saturated rings. The lowest BCUT2D eigenvalue weighted by Crippen LogP contribution is -2.36. The molecule has 0 spiro atoms. The summed E-state index contributed by atoms with van der Waals surface area (Å²) in [6.45, 7) is 5.42. The van der Waals surface area contributed by atoms with Crippen molar-refractivity contribution < 1.29 is 18.7 Å². The first-order chi connectivity index (χ1) is 15.5. The van der Waals surface area contributed by atoms with Crippen LogP contribution in [0.4, 0.5) is 0 Å². The predicted octanol–water partition coefficient (Wildman–Crippen LogP) is 5.00. The minimum Gasteiger partial charge on any atom is -0.491 e. The van der Waals surface area contributed by atoms with Gasteiger partial charge in [-0.2, -0.15) is 0 Å². The van der Waals surface area contributed by atoms with Crippen LogP contribution in [0.1, 0.15) is 42.9 Å². The number of aromatic nitrogens is 2. The molecule has 4 rings (SSSR count). The molecule has 168 valence electrons. The maximum absolute atomic E-state index is 13.2. The number of ether oxygens (including phenoxy) is 2. The summed E-state index contributed by atoms with van der Waals surface area (Å²) in [6.07, 6.45) is 2.25. The largest absolute Gasteiger partial charge is 0.491 e. The summed E-state index contributed by atoms with van der Waals surface area (Å²) in [4.78, 5) is 14.8. The van der Waals surface area contributed by atoms with Gasteiger partial charge in [-0.25, -0.2) is 0 Å². The fourth-order valence-corrected chi connectivity index (χ4v) is 3.74. The second-order valence-corrected chi connectivity index (χ2v) is 8.39. The fourth-order valence-electron chi connectivity index (χ4n) is 3.52. The van der Waals surface area contributed by atoms with Gasteiger partial charge in [0.05, 0.1) is 23.2 Å². The molecule has 7 nitrogen and oxygen atoms in total. The van der Waals surface area contributed by atoms with Gasteiger partial charge in [-0.15, -0.1) is 10.2 Å². The number of benzene rings is 2. The average molecular weight is 456 g/mol. The van der Waals surface area contributed by atoms with E-state index in [4.69, 9.17) is 25.5 Å². The number of carbonyl (C=O) groups is 1. The Balaban J connectivity index is 1.42. The Morgan fingerprint density at radius 3 is 2.66 bits per heavy atom. The summed E-state index contributed by atoms with van der Waals surface area (Å²) >= 11 is 6.22. The second kappa shape index (κ2) is 10.1. The van der Waals surface area contributed by atoms with Crippen LogP contribution in [0.2, 0.25) is 5.02 Å². The zero-order chi connectivity index (χ0) is 22.5. The molecule has 0 N–H and O–H groups in total. The lowest BCUT2D eigenvalue weighted by molar-refractivity contribution is 0.0666. The molecule has 2 heterocycles. The average Bonchev–Trinajstić information content (AvgIpc) is 3.48. The molecule has 0 aliphatic carbocycles. The highest BCUT2D eigenvalue weighted by molar-refractivity contribution is 6.33. The topological polar surface area (TPSA) is 77.7 Å². The van der Waals surface area contributed by atoms with Gasteiger partial charge in [-0.1, -0.05) is 23.7 Å². The molecule has 32 heavy (non-hydrogen) atoms. The van der Waals surface area contributed by atoms with E-state index in [0.29, 0.717) is 34.5 Å². The Hall–Kier alpha value is -2.90. The van der Waals surface area contributed by atoms with Gasteiger partial charge in [-0.05, 0) is 63.1 Å². The smallest absolute Gasteiger partial charge is 0.254 e. The Bertz CT molecular complexity index is 1050. The third-order valence-electron chi connectivity index (χ3n) is 5.32. The third-order valence-corrected chi connectivity index (χ3v) is 5.65. The highest BCUT2D eigenvalue weighted by atomic mass is 35.5. The molecule has 1 aliphatic heterocycles. The van der Waals surface area contributed by atoms with E-state index >= 15 is 0 Å². The van der Waals surface area contributed by atoms with Gasteiger partial charge < -0.3 is 18.8 Å². The fraction of sp³-hybridized carbons (Fsp3) is 0.375. The molecule has 8 heteroatoms. The number of amides is 1. The van der Waals surface area contributed by atoms with Gasteiger partial charge in [-0.3, -0.25) is 4.79 Å². The Morgan fingerprint density at radius 1 is 1.19 bits per heavy atom. The number of halogens is 1. The van der Waals surface area contributed by atoms with Gasteiger partial charge in [0.1, 0.15) is 12.4 Å². The minimum absolute atomic E-state index is 0.0615. The summed E-state index contributed by atoms with van der Waals surface area (Å²) in [5.41, 5.74) is 1.22. The molecule has 0 bridgehead atoms. The zero-order valence-electron chi connectivity index (χ0n) is 18.2. The predicted molar refractivity (Wildman–Crippen MR) is 121 cm³/mol. The van der Waals surface area contributed by atoms with E-state index in [9.17, 15) is 4.79 Å². The van der Waals surface area contributed by atoms with Gasteiger partial charge in [0.25, 0.3) is 5.91 Å². The first-order valence-corrected chi connectivity index (χ1v) is 11.1. The lowest BCUT2D eigenvalue weighted by atomic mass is 10.1. The van der Waals surface area contributed by atoms with Gasteiger partial charge in [0.15, 0.2) is 0 Å². The van der Waals surface area contributed by atoms with Gasteiger partial charge in [0.2, 0.25) is 11.8 Å². The highest BCUT2D eigenvalue weighted by Gasteiger charge is 2.23. The first-order valence-electron chi connectivity index (χ1n) is 10.7. The summed E-state index contributed by atoms with van der Waals surface area (Å²) in [7, 11) is 0. The van der Waals surface area contributed by atoms with Gasteiger partial charge >= 0.3 is 0 Å². The number of hydrogen-bond donors (Lipinski definition) is 0.